The second-order valence-electron chi connectivity index (χ2n) is 7.42. The fourth-order valence-electron chi connectivity index (χ4n) is 3.81. The van der Waals surface area contributed by atoms with Crippen molar-refractivity contribution in [3.8, 4) is 0 Å². The van der Waals surface area contributed by atoms with Crippen LogP contribution >= 0.6 is 0 Å². The zero-order valence-electron chi connectivity index (χ0n) is 13.7. The molecule has 0 bridgehead atoms. The van der Waals surface area contributed by atoms with Crippen molar-refractivity contribution in [3.63, 3.8) is 0 Å². The molecule has 2 aliphatic rings. The van der Waals surface area contributed by atoms with Crippen molar-refractivity contribution < 1.29 is 9.53 Å². The summed E-state index contributed by atoms with van der Waals surface area (Å²) in [5.41, 5.74) is 2.65. The third-order valence-electron chi connectivity index (χ3n) is 4.73. The second kappa shape index (κ2) is 4.60. The maximum absolute atomic E-state index is 12.9. The van der Waals surface area contributed by atoms with E-state index in [1.54, 1.807) is 0 Å². The van der Waals surface area contributed by atoms with Crippen molar-refractivity contribution >= 4 is 11.8 Å². The molecule has 1 saturated carbocycles. The first kappa shape index (κ1) is 14.3. The predicted molar refractivity (Wildman–Crippen MR) is 90.6 cm³/mol. The Balaban J connectivity index is 1.81. The molecule has 2 aromatic carbocycles. The Morgan fingerprint density at radius 2 is 1.74 bits per heavy atom. The summed E-state index contributed by atoms with van der Waals surface area (Å²) in [6.07, 6.45) is 0.710. The van der Waals surface area contributed by atoms with Crippen LogP contribution in [-0.2, 0) is 10.3 Å². The van der Waals surface area contributed by atoms with Crippen LogP contribution in [0.15, 0.2) is 54.6 Å². The first-order valence-corrected chi connectivity index (χ1v) is 8.11. The summed E-state index contributed by atoms with van der Waals surface area (Å²) in [6.45, 7) is 5.73. The van der Waals surface area contributed by atoms with Gasteiger partial charge in [-0.15, -0.1) is 0 Å². The van der Waals surface area contributed by atoms with Gasteiger partial charge >= 0.3 is 6.09 Å². The fourth-order valence-corrected chi connectivity index (χ4v) is 3.81. The minimum Gasteiger partial charge on any atom is -0.443 e. The average molecular weight is 307 g/mol. The third-order valence-corrected chi connectivity index (χ3v) is 4.73. The van der Waals surface area contributed by atoms with Gasteiger partial charge in [0.05, 0.1) is 11.2 Å². The van der Waals surface area contributed by atoms with Gasteiger partial charge in [-0.3, -0.25) is 4.90 Å². The molecular formula is C20H21NO2. The maximum Gasteiger partial charge on any atom is 0.415 e. The summed E-state index contributed by atoms with van der Waals surface area (Å²) >= 11 is 0. The molecule has 0 saturated heterocycles. The molecule has 1 aliphatic heterocycles. The molecule has 1 heterocycles. The molecule has 1 aliphatic carbocycles. The van der Waals surface area contributed by atoms with Crippen molar-refractivity contribution in [1.82, 2.24) is 0 Å². The highest BCUT2D eigenvalue weighted by molar-refractivity contribution is 5.96. The average Bonchev–Trinajstić information content (AvgIpc) is 3.17. The summed E-state index contributed by atoms with van der Waals surface area (Å²) in [4.78, 5) is 14.8. The number of ether oxygens (including phenoxy) is 1. The van der Waals surface area contributed by atoms with Crippen LogP contribution in [0.4, 0.5) is 10.5 Å². The molecule has 4 rings (SSSR count). The Labute approximate surface area is 136 Å². The Morgan fingerprint density at radius 1 is 1.09 bits per heavy atom. The number of rotatable bonds is 1. The largest absolute Gasteiger partial charge is 0.443 e. The summed E-state index contributed by atoms with van der Waals surface area (Å²) in [6, 6.07) is 18.5. The highest BCUT2D eigenvalue weighted by Gasteiger charge is 2.67. The standard InChI is InChI=1S/C20H21NO2/c1-19(2,3)23-18(22)21-17-12-8-7-11-15(17)16-13-20(16,21)14-9-5-4-6-10-14/h4-12,16H,13H2,1-3H3/t16-,20+/m0/s1. The number of hydrogen-bond donors (Lipinski definition) is 0. The number of carbonyl (C=O) groups is 1. The van der Waals surface area contributed by atoms with E-state index >= 15 is 0 Å². The van der Waals surface area contributed by atoms with Gasteiger partial charge in [-0.2, -0.15) is 0 Å². The van der Waals surface area contributed by atoms with Crippen molar-refractivity contribution in [2.45, 2.75) is 44.2 Å². The Kier molecular flexibility index (Phi) is 2.87. The topological polar surface area (TPSA) is 29.5 Å². The summed E-state index contributed by atoms with van der Waals surface area (Å²) in [7, 11) is 0. The van der Waals surface area contributed by atoms with Crippen molar-refractivity contribution in [2.75, 3.05) is 4.90 Å². The van der Waals surface area contributed by atoms with E-state index in [4.69, 9.17) is 4.74 Å². The monoisotopic (exact) mass is 307 g/mol. The molecule has 1 fully saturated rings. The molecule has 0 spiro atoms. The quantitative estimate of drug-likeness (QED) is 0.755. The van der Waals surface area contributed by atoms with E-state index in [0.29, 0.717) is 5.92 Å². The molecule has 0 N–H and O–H groups in total. The van der Waals surface area contributed by atoms with E-state index < -0.39 is 5.60 Å². The van der Waals surface area contributed by atoms with Crippen LogP contribution in [0.2, 0.25) is 0 Å². The lowest BCUT2D eigenvalue weighted by molar-refractivity contribution is 0.0562. The van der Waals surface area contributed by atoms with Crippen LogP contribution in [0, 0.1) is 0 Å². The molecule has 3 nitrogen and oxygen atoms in total. The zero-order valence-corrected chi connectivity index (χ0v) is 13.7. The molecule has 0 radical (unpaired) electrons. The van der Waals surface area contributed by atoms with Gasteiger partial charge in [0.25, 0.3) is 0 Å². The molecule has 3 heteroatoms. The summed E-state index contributed by atoms with van der Waals surface area (Å²) in [5.74, 6) is 0.369. The van der Waals surface area contributed by atoms with E-state index in [9.17, 15) is 4.79 Å². The van der Waals surface area contributed by atoms with E-state index in [2.05, 4.69) is 18.2 Å². The SMILES string of the molecule is CC(C)(C)OC(=O)N1c2ccccc2[C@@H]2C[C@@]21c1ccccc1. The van der Waals surface area contributed by atoms with Gasteiger partial charge in [0, 0.05) is 5.92 Å². The van der Waals surface area contributed by atoms with E-state index in [-0.39, 0.29) is 11.6 Å². The first-order valence-electron chi connectivity index (χ1n) is 8.11. The van der Waals surface area contributed by atoms with Gasteiger partial charge < -0.3 is 4.74 Å². The number of benzene rings is 2. The number of carbonyl (C=O) groups excluding carboxylic acids is 1. The molecule has 118 valence electrons. The lowest BCUT2D eigenvalue weighted by Crippen LogP contribution is -2.42. The molecule has 2 aromatic rings. The minimum atomic E-state index is -0.503. The maximum atomic E-state index is 12.9. The number of anilines is 1. The smallest absolute Gasteiger partial charge is 0.415 e. The zero-order chi connectivity index (χ0) is 16.2. The Bertz CT molecular complexity index is 763. The summed E-state index contributed by atoms with van der Waals surface area (Å²) in [5, 5.41) is 0. The van der Waals surface area contributed by atoms with Gasteiger partial charge in [0.2, 0.25) is 0 Å². The molecule has 23 heavy (non-hydrogen) atoms. The normalized spacial score (nSPS) is 24.8. The molecule has 0 unspecified atom stereocenters. The van der Waals surface area contributed by atoms with E-state index in [0.717, 1.165) is 12.1 Å². The van der Waals surface area contributed by atoms with Gasteiger partial charge in [-0.05, 0) is 44.4 Å². The first-order chi connectivity index (χ1) is 10.9. The van der Waals surface area contributed by atoms with Crippen molar-refractivity contribution in [1.29, 1.82) is 0 Å². The van der Waals surface area contributed by atoms with E-state index in [1.165, 1.54) is 11.1 Å². The lowest BCUT2D eigenvalue weighted by Gasteiger charge is -2.32. The van der Waals surface area contributed by atoms with Crippen molar-refractivity contribution in [3.05, 3.63) is 65.7 Å². The fraction of sp³-hybridized carbons (Fsp3) is 0.350. The van der Waals surface area contributed by atoms with Crippen LogP contribution in [0.25, 0.3) is 0 Å². The predicted octanol–water partition coefficient (Wildman–Crippen LogP) is 4.82. The number of amides is 1. The highest BCUT2D eigenvalue weighted by atomic mass is 16.6. The van der Waals surface area contributed by atoms with Crippen LogP contribution in [0.5, 0.6) is 0 Å². The lowest BCUT2D eigenvalue weighted by atomic mass is 10.0. The van der Waals surface area contributed by atoms with Crippen LogP contribution in [0.3, 0.4) is 0 Å². The Morgan fingerprint density at radius 3 is 2.43 bits per heavy atom. The minimum absolute atomic E-state index is 0.256. The molecular weight excluding hydrogens is 286 g/mol. The molecule has 0 aromatic heterocycles. The molecule has 1 amide bonds. The number of hydrogen-bond acceptors (Lipinski definition) is 2. The molecule has 2 atom stereocenters. The van der Waals surface area contributed by atoms with Gasteiger partial charge in [0.15, 0.2) is 0 Å². The van der Waals surface area contributed by atoms with Gasteiger partial charge in [-0.25, -0.2) is 4.79 Å². The van der Waals surface area contributed by atoms with Crippen LogP contribution < -0.4 is 4.90 Å². The second-order valence-corrected chi connectivity index (χ2v) is 7.42. The van der Waals surface area contributed by atoms with Crippen LogP contribution in [0.1, 0.15) is 44.2 Å². The Hall–Kier alpha value is -2.29. The third kappa shape index (κ3) is 2.07. The number of para-hydroxylation sites is 1. The number of fused-ring (bicyclic) bond motifs is 3. The highest BCUT2D eigenvalue weighted by Crippen LogP contribution is 2.69. The van der Waals surface area contributed by atoms with Crippen molar-refractivity contribution in [2.24, 2.45) is 0 Å². The number of nitrogens with zero attached hydrogens (tertiary/aromatic N) is 1. The summed E-state index contributed by atoms with van der Waals surface area (Å²) < 4.78 is 5.71. The van der Waals surface area contributed by atoms with Gasteiger partial charge in [-0.1, -0.05) is 48.5 Å². The van der Waals surface area contributed by atoms with Crippen LogP contribution in [-0.4, -0.2) is 11.7 Å². The van der Waals surface area contributed by atoms with Gasteiger partial charge in [0.1, 0.15) is 5.60 Å². The van der Waals surface area contributed by atoms with E-state index in [1.807, 2.05) is 62.1 Å².